The molecule has 1 rings (SSSR count). The third-order valence-corrected chi connectivity index (χ3v) is 3.69. The van der Waals surface area contributed by atoms with E-state index >= 15 is 0 Å². The first-order chi connectivity index (χ1) is 10.1. The van der Waals surface area contributed by atoms with Crippen LogP contribution >= 0.6 is 0 Å². The van der Waals surface area contributed by atoms with Gasteiger partial charge in [0, 0.05) is 38.0 Å². The Bertz CT molecular complexity index is 411. The highest BCUT2D eigenvalue weighted by atomic mass is 16.3. The summed E-state index contributed by atoms with van der Waals surface area (Å²) < 4.78 is 0. The van der Waals surface area contributed by atoms with Crippen LogP contribution in [0.1, 0.15) is 26.7 Å². The highest BCUT2D eigenvalue weighted by Gasteiger charge is 2.13. The second-order valence-corrected chi connectivity index (χ2v) is 5.27. The fourth-order valence-corrected chi connectivity index (χ4v) is 2.07. The lowest BCUT2D eigenvalue weighted by atomic mass is 10.1. The molecule has 0 radical (unpaired) electrons. The number of amides is 2. The topological polar surface area (TPSA) is 64.6 Å². The fourth-order valence-electron chi connectivity index (χ4n) is 2.07. The van der Waals surface area contributed by atoms with Gasteiger partial charge in [-0.25, -0.2) is 4.79 Å². The molecule has 1 aromatic rings. The molecule has 0 aromatic heterocycles. The molecule has 1 aromatic carbocycles. The van der Waals surface area contributed by atoms with Gasteiger partial charge in [0.25, 0.3) is 0 Å². The Labute approximate surface area is 127 Å². The maximum Gasteiger partial charge on any atom is 0.315 e. The molecule has 0 saturated heterocycles. The van der Waals surface area contributed by atoms with E-state index in [1.807, 2.05) is 44.3 Å². The molecule has 2 amide bonds. The van der Waals surface area contributed by atoms with Gasteiger partial charge in [0.15, 0.2) is 0 Å². The Morgan fingerprint density at radius 2 is 2.00 bits per heavy atom. The first kappa shape index (κ1) is 17.3. The van der Waals surface area contributed by atoms with E-state index in [1.54, 1.807) is 0 Å². The van der Waals surface area contributed by atoms with E-state index in [4.69, 9.17) is 5.11 Å². The third-order valence-electron chi connectivity index (χ3n) is 3.69. The summed E-state index contributed by atoms with van der Waals surface area (Å²) in [5, 5.41) is 14.7. The monoisotopic (exact) mass is 293 g/mol. The molecule has 0 spiro atoms. The molecule has 5 heteroatoms. The van der Waals surface area contributed by atoms with Crippen molar-refractivity contribution in [2.45, 2.75) is 38.8 Å². The first-order valence-corrected chi connectivity index (χ1v) is 7.51. The predicted molar refractivity (Wildman–Crippen MR) is 86.6 cm³/mol. The van der Waals surface area contributed by atoms with Crippen LogP contribution in [-0.2, 0) is 0 Å². The summed E-state index contributed by atoms with van der Waals surface area (Å²) >= 11 is 0. The predicted octanol–water partition coefficient (Wildman–Crippen LogP) is 1.97. The zero-order chi connectivity index (χ0) is 15.7. The van der Waals surface area contributed by atoms with Crippen LogP contribution in [0.2, 0.25) is 0 Å². The lowest BCUT2D eigenvalue weighted by molar-refractivity contribution is 0.227. The number of aliphatic hydroxyl groups excluding tert-OH is 1. The zero-order valence-corrected chi connectivity index (χ0v) is 13.2. The number of nitrogens with zero attached hydrogens (tertiary/aromatic N) is 1. The molecular weight excluding hydrogens is 266 g/mol. The minimum absolute atomic E-state index is 0.0251. The van der Waals surface area contributed by atoms with Crippen LogP contribution in [0.4, 0.5) is 10.5 Å². The van der Waals surface area contributed by atoms with Crippen molar-refractivity contribution < 1.29 is 9.90 Å². The van der Waals surface area contributed by atoms with Crippen molar-refractivity contribution >= 4 is 11.7 Å². The van der Waals surface area contributed by atoms with Gasteiger partial charge in [0.05, 0.1) is 0 Å². The van der Waals surface area contributed by atoms with Crippen LogP contribution in [0.5, 0.6) is 0 Å². The number of hydrogen-bond donors (Lipinski definition) is 3. The summed E-state index contributed by atoms with van der Waals surface area (Å²) in [4.78, 5) is 14.0. The molecule has 0 aliphatic carbocycles. The van der Waals surface area contributed by atoms with Crippen LogP contribution in [0.15, 0.2) is 30.3 Å². The lowest BCUT2D eigenvalue weighted by Crippen LogP contribution is -2.47. The number of carbonyl (C=O) groups is 1. The number of anilines is 1. The SMILES string of the molecule is CCC(CCO)NC(=O)NCC(C)N(C)c1ccccc1. The maximum absolute atomic E-state index is 11.8. The Kier molecular flexibility index (Phi) is 7.61. The van der Waals surface area contributed by atoms with Crippen molar-refractivity contribution in [1.82, 2.24) is 10.6 Å². The number of benzene rings is 1. The van der Waals surface area contributed by atoms with E-state index in [2.05, 4.69) is 22.5 Å². The van der Waals surface area contributed by atoms with Crippen molar-refractivity contribution in [2.24, 2.45) is 0 Å². The number of nitrogens with one attached hydrogen (secondary N) is 2. The fraction of sp³-hybridized carbons (Fsp3) is 0.562. The molecule has 0 heterocycles. The molecule has 0 saturated carbocycles. The van der Waals surface area contributed by atoms with Gasteiger partial charge in [0.2, 0.25) is 0 Å². The number of urea groups is 1. The standard InChI is InChI=1S/C16H27N3O2/c1-4-14(10-11-20)18-16(21)17-12-13(2)19(3)15-8-6-5-7-9-15/h5-9,13-14,20H,4,10-12H2,1-3H3,(H2,17,18,21). The van der Waals surface area contributed by atoms with Crippen LogP contribution < -0.4 is 15.5 Å². The largest absolute Gasteiger partial charge is 0.396 e. The number of rotatable bonds is 8. The number of likely N-dealkylation sites (N-methyl/N-ethyl adjacent to an activating group) is 1. The number of carbonyl (C=O) groups excluding carboxylic acids is 1. The van der Waals surface area contributed by atoms with E-state index in [0.29, 0.717) is 13.0 Å². The molecule has 5 nitrogen and oxygen atoms in total. The van der Waals surface area contributed by atoms with Crippen molar-refractivity contribution in [3.8, 4) is 0 Å². The lowest BCUT2D eigenvalue weighted by Gasteiger charge is -2.27. The second kappa shape index (κ2) is 9.23. The Hall–Kier alpha value is -1.75. The first-order valence-electron chi connectivity index (χ1n) is 7.51. The summed E-state index contributed by atoms with van der Waals surface area (Å²) in [6.45, 7) is 4.71. The maximum atomic E-state index is 11.8. The normalized spacial score (nSPS) is 13.3. The molecule has 0 fully saturated rings. The van der Waals surface area contributed by atoms with Crippen LogP contribution in [0.25, 0.3) is 0 Å². The highest BCUT2D eigenvalue weighted by molar-refractivity contribution is 5.74. The molecule has 0 aliphatic rings. The van der Waals surface area contributed by atoms with Crippen molar-refractivity contribution in [3.63, 3.8) is 0 Å². The molecular formula is C16H27N3O2. The number of hydrogen-bond acceptors (Lipinski definition) is 3. The summed E-state index contributed by atoms with van der Waals surface area (Å²) in [5.41, 5.74) is 1.12. The van der Waals surface area contributed by atoms with Gasteiger partial charge in [-0.05, 0) is 31.9 Å². The third kappa shape index (κ3) is 6.04. The van der Waals surface area contributed by atoms with E-state index in [1.165, 1.54) is 0 Å². The minimum atomic E-state index is -0.177. The van der Waals surface area contributed by atoms with E-state index in [-0.39, 0.29) is 24.7 Å². The summed E-state index contributed by atoms with van der Waals surface area (Å²) in [5.74, 6) is 0. The van der Waals surface area contributed by atoms with E-state index < -0.39 is 0 Å². The Balaban J connectivity index is 2.38. The van der Waals surface area contributed by atoms with Gasteiger partial charge in [-0.3, -0.25) is 0 Å². The summed E-state index contributed by atoms with van der Waals surface area (Å²) in [6.07, 6.45) is 1.40. The van der Waals surface area contributed by atoms with Gasteiger partial charge in [-0.1, -0.05) is 25.1 Å². The number of para-hydroxylation sites is 1. The molecule has 21 heavy (non-hydrogen) atoms. The van der Waals surface area contributed by atoms with Crippen LogP contribution in [-0.4, -0.2) is 43.4 Å². The summed E-state index contributed by atoms with van der Waals surface area (Å²) in [6, 6.07) is 10.1. The molecule has 0 bridgehead atoms. The van der Waals surface area contributed by atoms with E-state index in [9.17, 15) is 4.79 Å². The van der Waals surface area contributed by atoms with Gasteiger partial charge >= 0.3 is 6.03 Å². The van der Waals surface area contributed by atoms with Crippen molar-refractivity contribution in [3.05, 3.63) is 30.3 Å². The average Bonchev–Trinajstić information content (AvgIpc) is 2.52. The minimum Gasteiger partial charge on any atom is -0.396 e. The summed E-state index contributed by atoms with van der Waals surface area (Å²) in [7, 11) is 2.01. The molecule has 2 atom stereocenters. The quantitative estimate of drug-likeness (QED) is 0.686. The highest BCUT2D eigenvalue weighted by Crippen LogP contribution is 2.13. The van der Waals surface area contributed by atoms with Crippen molar-refractivity contribution in [2.75, 3.05) is 25.1 Å². The van der Waals surface area contributed by atoms with Gasteiger partial charge in [0.1, 0.15) is 0 Å². The molecule has 118 valence electrons. The van der Waals surface area contributed by atoms with Crippen LogP contribution in [0, 0.1) is 0 Å². The van der Waals surface area contributed by atoms with Gasteiger partial charge in [-0.2, -0.15) is 0 Å². The van der Waals surface area contributed by atoms with E-state index in [0.717, 1.165) is 12.1 Å². The smallest absolute Gasteiger partial charge is 0.315 e. The average molecular weight is 293 g/mol. The Morgan fingerprint density at radius 1 is 1.33 bits per heavy atom. The Morgan fingerprint density at radius 3 is 2.57 bits per heavy atom. The van der Waals surface area contributed by atoms with Gasteiger partial charge in [-0.15, -0.1) is 0 Å². The molecule has 0 aliphatic heterocycles. The van der Waals surface area contributed by atoms with Gasteiger partial charge < -0.3 is 20.6 Å². The second-order valence-electron chi connectivity index (χ2n) is 5.27. The van der Waals surface area contributed by atoms with Crippen molar-refractivity contribution in [1.29, 1.82) is 0 Å². The van der Waals surface area contributed by atoms with Crippen LogP contribution in [0.3, 0.4) is 0 Å². The molecule has 3 N–H and O–H groups in total. The zero-order valence-electron chi connectivity index (χ0n) is 13.2. The molecule has 2 unspecified atom stereocenters. The number of aliphatic hydroxyl groups is 1.